The predicted molar refractivity (Wildman–Crippen MR) is 143 cm³/mol. The first-order valence-corrected chi connectivity index (χ1v) is 12.6. The average molecular weight is 485 g/mol. The molecule has 1 saturated heterocycles. The quantitative estimate of drug-likeness (QED) is 0.581. The smallest absolute Gasteiger partial charge is 0.325 e. The number of carbonyl (C=O) groups excluding carboxylic acids is 1. The zero-order valence-corrected chi connectivity index (χ0v) is 20.8. The molecule has 1 unspecified atom stereocenters. The maximum atomic E-state index is 13.4. The van der Waals surface area contributed by atoms with Crippen molar-refractivity contribution in [2.75, 3.05) is 67.3 Å². The SMILES string of the molecule is CN1CCN(c2ccc(Nc3cc4c(cn3)CN(C3CCNc5ccccc53)C(=O)N4C)nc2)CC1. The van der Waals surface area contributed by atoms with E-state index in [4.69, 9.17) is 0 Å². The van der Waals surface area contributed by atoms with E-state index in [-0.39, 0.29) is 12.1 Å². The van der Waals surface area contributed by atoms with Gasteiger partial charge in [-0.05, 0) is 37.2 Å². The number of benzene rings is 1. The lowest BCUT2D eigenvalue weighted by Crippen LogP contribution is -2.47. The molecule has 0 aliphatic carbocycles. The van der Waals surface area contributed by atoms with Crippen LogP contribution in [0.5, 0.6) is 0 Å². The molecule has 186 valence electrons. The van der Waals surface area contributed by atoms with Crippen LogP contribution >= 0.6 is 0 Å². The average Bonchev–Trinajstić information content (AvgIpc) is 2.92. The van der Waals surface area contributed by atoms with Crippen molar-refractivity contribution in [3.05, 3.63) is 66.0 Å². The number of pyridine rings is 2. The van der Waals surface area contributed by atoms with Gasteiger partial charge < -0.3 is 25.3 Å². The van der Waals surface area contributed by atoms with Crippen molar-refractivity contribution >= 4 is 34.7 Å². The number of para-hydroxylation sites is 1. The van der Waals surface area contributed by atoms with Crippen LogP contribution < -0.4 is 20.4 Å². The zero-order chi connectivity index (χ0) is 24.6. The molecular weight excluding hydrogens is 452 g/mol. The number of nitrogens with zero attached hydrogens (tertiary/aromatic N) is 6. The number of piperazine rings is 1. The van der Waals surface area contributed by atoms with Crippen LogP contribution in [-0.2, 0) is 6.54 Å². The Morgan fingerprint density at radius 2 is 1.78 bits per heavy atom. The van der Waals surface area contributed by atoms with Crippen LogP contribution in [0, 0.1) is 0 Å². The number of likely N-dealkylation sites (N-methyl/N-ethyl adjacent to an activating group) is 1. The zero-order valence-electron chi connectivity index (χ0n) is 20.8. The molecule has 1 aromatic carbocycles. The first kappa shape index (κ1) is 22.6. The van der Waals surface area contributed by atoms with E-state index in [0.29, 0.717) is 12.4 Å². The molecule has 36 heavy (non-hydrogen) atoms. The Morgan fingerprint density at radius 1 is 0.972 bits per heavy atom. The van der Waals surface area contributed by atoms with Gasteiger partial charge in [0.2, 0.25) is 0 Å². The third-order valence-electron chi connectivity index (χ3n) is 7.50. The minimum absolute atomic E-state index is 0.0102. The molecule has 1 fully saturated rings. The van der Waals surface area contributed by atoms with Crippen LogP contribution in [0.1, 0.15) is 23.6 Å². The molecule has 0 radical (unpaired) electrons. The summed E-state index contributed by atoms with van der Waals surface area (Å²) in [5.41, 5.74) is 5.34. The van der Waals surface area contributed by atoms with Crippen LogP contribution in [0.3, 0.4) is 0 Å². The Hall–Kier alpha value is -3.85. The van der Waals surface area contributed by atoms with Gasteiger partial charge in [0.25, 0.3) is 0 Å². The third-order valence-corrected chi connectivity index (χ3v) is 7.50. The van der Waals surface area contributed by atoms with E-state index < -0.39 is 0 Å². The maximum absolute atomic E-state index is 13.4. The number of anilines is 5. The molecule has 9 heteroatoms. The molecule has 3 aromatic rings. The van der Waals surface area contributed by atoms with Gasteiger partial charge in [0.1, 0.15) is 11.6 Å². The summed E-state index contributed by atoms with van der Waals surface area (Å²) < 4.78 is 0. The summed E-state index contributed by atoms with van der Waals surface area (Å²) in [6, 6.07) is 14.3. The first-order valence-electron chi connectivity index (χ1n) is 12.6. The fraction of sp³-hybridized carbons (Fsp3) is 0.370. The fourth-order valence-electron chi connectivity index (χ4n) is 5.38. The van der Waals surface area contributed by atoms with Gasteiger partial charge in [-0.2, -0.15) is 0 Å². The number of amides is 2. The number of aromatic nitrogens is 2. The summed E-state index contributed by atoms with van der Waals surface area (Å²) in [6.45, 7) is 5.54. The van der Waals surface area contributed by atoms with Crippen LogP contribution in [0.15, 0.2) is 54.9 Å². The van der Waals surface area contributed by atoms with E-state index in [1.165, 1.54) is 5.56 Å². The molecule has 2 aromatic heterocycles. The number of nitrogens with one attached hydrogen (secondary N) is 2. The van der Waals surface area contributed by atoms with Crippen molar-refractivity contribution in [3.63, 3.8) is 0 Å². The summed E-state index contributed by atoms with van der Waals surface area (Å²) in [5, 5.41) is 6.75. The molecule has 3 aliphatic heterocycles. The summed E-state index contributed by atoms with van der Waals surface area (Å²) in [6.07, 6.45) is 4.67. The maximum Gasteiger partial charge on any atom is 0.325 e. The van der Waals surface area contributed by atoms with Gasteiger partial charge in [0.05, 0.1) is 30.2 Å². The fourth-order valence-corrected chi connectivity index (χ4v) is 5.38. The molecule has 0 bridgehead atoms. The molecule has 5 heterocycles. The lowest BCUT2D eigenvalue weighted by atomic mass is 9.95. The lowest BCUT2D eigenvalue weighted by molar-refractivity contribution is 0.170. The Kier molecular flexibility index (Phi) is 5.85. The van der Waals surface area contributed by atoms with Crippen LogP contribution in [-0.4, -0.2) is 72.6 Å². The largest absolute Gasteiger partial charge is 0.385 e. The molecule has 2 amide bonds. The molecule has 1 atom stereocenters. The third kappa shape index (κ3) is 4.19. The highest BCUT2D eigenvalue weighted by molar-refractivity contribution is 5.95. The number of rotatable bonds is 4. The van der Waals surface area contributed by atoms with E-state index in [1.807, 2.05) is 48.6 Å². The monoisotopic (exact) mass is 484 g/mol. The first-order chi connectivity index (χ1) is 17.6. The highest BCUT2D eigenvalue weighted by Gasteiger charge is 2.35. The van der Waals surface area contributed by atoms with E-state index in [0.717, 1.165) is 67.6 Å². The molecule has 2 N–H and O–H groups in total. The molecule has 0 spiro atoms. The van der Waals surface area contributed by atoms with Gasteiger partial charge in [-0.1, -0.05) is 18.2 Å². The van der Waals surface area contributed by atoms with Crippen molar-refractivity contribution in [2.45, 2.75) is 19.0 Å². The minimum Gasteiger partial charge on any atom is -0.385 e. The highest BCUT2D eigenvalue weighted by Crippen LogP contribution is 2.39. The highest BCUT2D eigenvalue weighted by atomic mass is 16.2. The summed E-state index contributed by atoms with van der Waals surface area (Å²) >= 11 is 0. The van der Waals surface area contributed by atoms with E-state index in [9.17, 15) is 4.79 Å². The van der Waals surface area contributed by atoms with E-state index >= 15 is 0 Å². The second kappa shape index (κ2) is 9.31. The summed E-state index contributed by atoms with van der Waals surface area (Å²) in [7, 11) is 4.00. The molecule has 6 rings (SSSR count). The number of carbonyl (C=O) groups is 1. The van der Waals surface area contributed by atoms with Gasteiger partial charge in [-0.3, -0.25) is 4.90 Å². The number of fused-ring (bicyclic) bond motifs is 2. The van der Waals surface area contributed by atoms with Crippen molar-refractivity contribution in [1.29, 1.82) is 0 Å². The standard InChI is InChI=1S/C27H32N8O/c1-32-11-13-34(14-12-32)20-7-8-25(30-17-20)31-26-15-24-19(16-29-26)18-35(27(36)33(24)2)23-9-10-28-22-6-4-3-5-21(22)23/h3-8,15-17,23,28H,9-14,18H2,1-2H3,(H,29,30,31). The Morgan fingerprint density at radius 3 is 2.58 bits per heavy atom. The Labute approximate surface area is 211 Å². The number of urea groups is 1. The second-order valence-corrected chi connectivity index (χ2v) is 9.80. The molecule has 3 aliphatic rings. The van der Waals surface area contributed by atoms with Crippen LogP contribution in [0.2, 0.25) is 0 Å². The van der Waals surface area contributed by atoms with Gasteiger partial charge in [-0.25, -0.2) is 14.8 Å². The van der Waals surface area contributed by atoms with Gasteiger partial charge in [0.15, 0.2) is 0 Å². The van der Waals surface area contributed by atoms with Gasteiger partial charge >= 0.3 is 6.03 Å². The van der Waals surface area contributed by atoms with E-state index in [1.54, 1.807) is 4.90 Å². The van der Waals surface area contributed by atoms with Gasteiger partial charge in [-0.15, -0.1) is 0 Å². The van der Waals surface area contributed by atoms with Crippen LogP contribution in [0.4, 0.5) is 33.5 Å². The topological polar surface area (TPSA) is 79.9 Å². The minimum atomic E-state index is 0.0102. The number of hydrogen-bond donors (Lipinski definition) is 2. The molecular formula is C27H32N8O. The molecule has 0 saturated carbocycles. The van der Waals surface area contributed by atoms with Crippen molar-refractivity contribution in [3.8, 4) is 0 Å². The predicted octanol–water partition coefficient (Wildman–Crippen LogP) is 3.90. The van der Waals surface area contributed by atoms with Crippen molar-refractivity contribution < 1.29 is 4.79 Å². The van der Waals surface area contributed by atoms with Crippen LogP contribution in [0.25, 0.3) is 0 Å². The lowest BCUT2D eigenvalue weighted by Gasteiger charge is -2.42. The summed E-state index contributed by atoms with van der Waals surface area (Å²) in [4.78, 5) is 31.1. The normalized spacial score (nSPS) is 20.0. The van der Waals surface area contributed by atoms with Crippen molar-refractivity contribution in [1.82, 2.24) is 19.8 Å². The second-order valence-electron chi connectivity index (χ2n) is 9.80. The Balaban J connectivity index is 1.18. The van der Waals surface area contributed by atoms with Crippen molar-refractivity contribution in [2.24, 2.45) is 0 Å². The Bertz CT molecular complexity index is 1250. The van der Waals surface area contributed by atoms with Gasteiger partial charge in [0, 0.05) is 63.3 Å². The summed E-state index contributed by atoms with van der Waals surface area (Å²) in [5.74, 6) is 1.41. The number of hydrogen-bond acceptors (Lipinski definition) is 7. The molecule has 9 nitrogen and oxygen atoms in total. The van der Waals surface area contributed by atoms with E-state index in [2.05, 4.69) is 55.6 Å².